The predicted molar refractivity (Wildman–Crippen MR) is 132 cm³/mol. The Labute approximate surface area is 204 Å². The van der Waals surface area contributed by atoms with E-state index in [9.17, 15) is 18.0 Å². The first-order chi connectivity index (χ1) is 16.7. The Balaban J connectivity index is 1.26. The second kappa shape index (κ2) is 9.25. The van der Waals surface area contributed by atoms with Gasteiger partial charge in [0.25, 0.3) is 5.91 Å². The Kier molecular flexibility index (Phi) is 6.29. The number of fused-ring (bicyclic) bond motifs is 1. The number of sulfonamides is 1. The van der Waals surface area contributed by atoms with Gasteiger partial charge >= 0.3 is 5.69 Å². The van der Waals surface area contributed by atoms with Crippen LogP contribution < -0.4 is 5.69 Å². The SMILES string of the molecule is C[C@@H]1CN(S(=O)(=O)c2ccc(C(=O)N3CCC(n4c(=O)[nH]c5ccccc54)CC3)cc2)C[C@@H](C)O1. The molecule has 0 spiro atoms. The van der Waals surface area contributed by atoms with Crippen LogP contribution in [-0.4, -0.2) is 71.5 Å². The average molecular weight is 499 g/mol. The van der Waals surface area contributed by atoms with Crippen LogP contribution in [-0.2, 0) is 14.8 Å². The van der Waals surface area contributed by atoms with Crippen molar-refractivity contribution < 1.29 is 17.9 Å². The van der Waals surface area contributed by atoms with Crippen LogP contribution in [0.4, 0.5) is 0 Å². The molecule has 2 aromatic carbocycles. The number of nitrogens with one attached hydrogen (secondary N) is 1. The molecular weight excluding hydrogens is 468 g/mol. The fourth-order valence-corrected chi connectivity index (χ4v) is 6.78. The number of carbonyl (C=O) groups excluding carboxylic acids is 1. The van der Waals surface area contributed by atoms with Gasteiger partial charge in [0, 0.05) is 37.8 Å². The van der Waals surface area contributed by atoms with Crippen LogP contribution in [0, 0.1) is 0 Å². The van der Waals surface area contributed by atoms with Crippen molar-refractivity contribution in [1.82, 2.24) is 18.8 Å². The van der Waals surface area contributed by atoms with Gasteiger partial charge < -0.3 is 14.6 Å². The number of nitrogens with zero attached hydrogens (tertiary/aromatic N) is 3. The topological polar surface area (TPSA) is 105 Å². The molecule has 1 amide bonds. The van der Waals surface area contributed by atoms with E-state index in [1.165, 1.54) is 16.4 Å². The molecule has 0 unspecified atom stereocenters. The van der Waals surface area contributed by atoms with Crippen molar-refractivity contribution in [3.05, 3.63) is 64.6 Å². The number of para-hydroxylation sites is 2. The van der Waals surface area contributed by atoms with Crippen molar-refractivity contribution in [2.75, 3.05) is 26.2 Å². The zero-order valence-corrected chi connectivity index (χ0v) is 20.7. The zero-order valence-electron chi connectivity index (χ0n) is 19.9. The number of benzene rings is 2. The first-order valence-electron chi connectivity index (χ1n) is 12.0. The molecule has 186 valence electrons. The molecule has 2 aliphatic heterocycles. The number of piperidine rings is 1. The lowest BCUT2D eigenvalue weighted by molar-refractivity contribution is -0.0440. The van der Waals surface area contributed by atoms with Crippen molar-refractivity contribution in [3.8, 4) is 0 Å². The second-order valence-corrected chi connectivity index (χ2v) is 11.4. The van der Waals surface area contributed by atoms with Gasteiger partial charge in [-0.2, -0.15) is 4.31 Å². The van der Waals surface area contributed by atoms with Crippen molar-refractivity contribution in [3.63, 3.8) is 0 Å². The first kappa shape index (κ1) is 23.8. The number of likely N-dealkylation sites (tertiary alicyclic amines) is 1. The summed E-state index contributed by atoms with van der Waals surface area (Å²) in [6, 6.07) is 13.8. The maximum atomic E-state index is 13.1. The molecule has 0 saturated carbocycles. The van der Waals surface area contributed by atoms with E-state index in [0.29, 0.717) is 44.6 Å². The molecule has 10 heteroatoms. The van der Waals surface area contributed by atoms with E-state index in [0.717, 1.165) is 11.0 Å². The first-order valence-corrected chi connectivity index (χ1v) is 13.4. The molecule has 1 N–H and O–H groups in total. The van der Waals surface area contributed by atoms with Crippen molar-refractivity contribution in [2.24, 2.45) is 0 Å². The van der Waals surface area contributed by atoms with Gasteiger partial charge in [-0.25, -0.2) is 13.2 Å². The predicted octanol–water partition coefficient (Wildman–Crippen LogP) is 2.60. The third-order valence-corrected chi connectivity index (χ3v) is 8.71. The number of ether oxygens (including phenoxy) is 1. The van der Waals surface area contributed by atoms with Crippen LogP contribution in [0.3, 0.4) is 0 Å². The number of amides is 1. The van der Waals surface area contributed by atoms with Gasteiger partial charge in [0.15, 0.2) is 0 Å². The number of rotatable bonds is 4. The normalized spacial score (nSPS) is 22.5. The highest BCUT2D eigenvalue weighted by atomic mass is 32.2. The molecular formula is C25H30N4O5S. The minimum atomic E-state index is -3.66. The molecule has 2 saturated heterocycles. The standard InChI is InChI=1S/C25H30N4O5S/c1-17-15-28(16-18(2)34-17)35(32,33)21-9-7-19(8-10-21)24(30)27-13-11-20(12-14-27)29-23-6-4-3-5-22(23)26-25(29)31/h3-10,17-18,20H,11-16H2,1-2H3,(H,26,31)/t17-,18-/m1/s1. The van der Waals surface area contributed by atoms with E-state index in [4.69, 9.17) is 4.74 Å². The zero-order chi connectivity index (χ0) is 24.7. The van der Waals surface area contributed by atoms with Crippen LogP contribution in [0.1, 0.15) is 43.1 Å². The number of aromatic nitrogens is 2. The monoisotopic (exact) mass is 498 g/mol. The Morgan fingerprint density at radius 3 is 2.26 bits per heavy atom. The quantitative estimate of drug-likeness (QED) is 0.595. The summed E-state index contributed by atoms with van der Waals surface area (Å²) in [6.07, 6.45) is 1.01. The summed E-state index contributed by atoms with van der Waals surface area (Å²) in [5.74, 6) is -0.132. The fraction of sp³-hybridized carbons (Fsp3) is 0.440. The summed E-state index contributed by atoms with van der Waals surface area (Å²) >= 11 is 0. The lowest BCUT2D eigenvalue weighted by atomic mass is 10.0. The van der Waals surface area contributed by atoms with Crippen LogP contribution in [0.5, 0.6) is 0 Å². The molecule has 0 bridgehead atoms. The Morgan fingerprint density at radius 2 is 1.60 bits per heavy atom. The van der Waals surface area contributed by atoms with Gasteiger partial charge in [-0.1, -0.05) is 12.1 Å². The number of carbonyl (C=O) groups is 1. The summed E-state index contributed by atoms with van der Waals surface area (Å²) in [5, 5.41) is 0. The number of hydrogen-bond donors (Lipinski definition) is 1. The number of morpholine rings is 1. The van der Waals surface area contributed by atoms with Gasteiger partial charge in [-0.15, -0.1) is 0 Å². The minimum Gasteiger partial charge on any atom is -0.373 e. The third-order valence-electron chi connectivity index (χ3n) is 6.87. The lowest BCUT2D eigenvalue weighted by Crippen LogP contribution is -2.48. The summed E-state index contributed by atoms with van der Waals surface area (Å²) in [6.45, 7) is 5.39. The van der Waals surface area contributed by atoms with Crippen LogP contribution in [0.25, 0.3) is 11.0 Å². The van der Waals surface area contributed by atoms with E-state index < -0.39 is 10.0 Å². The second-order valence-electron chi connectivity index (χ2n) is 9.44. The Hall–Kier alpha value is -2.95. The highest BCUT2D eigenvalue weighted by Gasteiger charge is 2.32. The summed E-state index contributed by atoms with van der Waals surface area (Å²) in [4.78, 5) is 30.4. The van der Waals surface area contributed by atoms with E-state index in [-0.39, 0.29) is 34.7 Å². The van der Waals surface area contributed by atoms with Gasteiger partial charge in [0.05, 0.1) is 28.1 Å². The molecule has 5 rings (SSSR count). The molecule has 3 aromatic rings. The molecule has 1 aromatic heterocycles. The summed E-state index contributed by atoms with van der Waals surface area (Å²) in [5.41, 5.74) is 2.02. The smallest absolute Gasteiger partial charge is 0.326 e. The van der Waals surface area contributed by atoms with Gasteiger partial charge in [0.2, 0.25) is 10.0 Å². The average Bonchev–Trinajstić information content (AvgIpc) is 3.19. The molecule has 9 nitrogen and oxygen atoms in total. The van der Waals surface area contributed by atoms with Crippen molar-refractivity contribution in [2.45, 2.75) is 49.8 Å². The van der Waals surface area contributed by atoms with E-state index in [2.05, 4.69) is 4.98 Å². The van der Waals surface area contributed by atoms with Gasteiger partial charge in [0.1, 0.15) is 0 Å². The maximum Gasteiger partial charge on any atom is 0.326 e. The Bertz CT molecular complexity index is 1380. The van der Waals surface area contributed by atoms with Crippen LogP contribution in [0.2, 0.25) is 0 Å². The minimum absolute atomic E-state index is 0.0218. The molecule has 0 radical (unpaired) electrons. The molecule has 2 fully saturated rings. The van der Waals surface area contributed by atoms with E-state index in [1.54, 1.807) is 21.6 Å². The summed E-state index contributed by atoms with van der Waals surface area (Å²) in [7, 11) is -3.66. The molecule has 2 atom stereocenters. The Morgan fingerprint density at radius 1 is 0.971 bits per heavy atom. The van der Waals surface area contributed by atoms with Crippen molar-refractivity contribution in [1.29, 1.82) is 0 Å². The van der Waals surface area contributed by atoms with Crippen LogP contribution >= 0.6 is 0 Å². The lowest BCUT2D eigenvalue weighted by Gasteiger charge is -2.34. The fourth-order valence-electron chi connectivity index (χ4n) is 5.19. The van der Waals surface area contributed by atoms with Crippen LogP contribution in [0.15, 0.2) is 58.2 Å². The molecule has 35 heavy (non-hydrogen) atoms. The van der Waals surface area contributed by atoms with Crippen molar-refractivity contribution >= 4 is 27.0 Å². The highest BCUT2D eigenvalue weighted by molar-refractivity contribution is 7.89. The number of H-pyrrole nitrogens is 1. The van der Waals surface area contributed by atoms with E-state index in [1.807, 2.05) is 38.1 Å². The molecule has 3 heterocycles. The van der Waals surface area contributed by atoms with Gasteiger partial charge in [-0.3, -0.25) is 9.36 Å². The molecule has 2 aliphatic rings. The molecule has 0 aliphatic carbocycles. The largest absolute Gasteiger partial charge is 0.373 e. The summed E-state index contributed by atoms with van der Waals surface area (Å²) < 4.78 is 35.0. The highest BCUT2D eigenvalue weighted by Crippen LogP contribution is 2.26. The number of hydrogen-bond acceptors (Lipinski definition) is 5. The van der Waals surface area contributed by atoms with Gasteiger partial charge in [-0.05, 0) is 63.1 Å². The maximum absolute atomic E-state index is 13.1. The van der Waals surface area contributed by atoms with E-state index >= 15 is 0 Å². The number of imidazole rings is 1. The third kappa shape index (κ3) is 4.53. The number of aromatic amines is 1.